The van der Waals surface area contributed by atoms with Crippen LogP contribution >= 0.6 is 11.6 Å². The normalized spacial score (nSPS) is 12.0. The molecule has 1 amide bonds. The van der Waals surface area contributed by atoms with Crippen LogP contribution in [0.1, 0.15) is 39.4 Å². The van der Waals surface area contributed by atoms with Crippen LogP contribution in [0.3, 0.4) is 0 Å². The van der Waals surface area contributed by atoms with E-state index in [9.17, 15) is 19.1 Å². The second-order valence-electron chi connectivity index (χ2n) is 4.76. The van der Waals surface area contributed by atoms with Gasteiger partial charge in [-0.1, -0.05) is 17.7 Å². The monoisotopic (exact) mass is 324 g/mol. The fourth-order valence-corrected chi connectivity index (χ4v) is 1.97. The van der Waals surface area contributed by atoms with Gasteiger partial charge in [0.2, 0.25) is 0 Å². The minimum atomic E-state index is -1.07. The number of nitrogens with one attached hydrogen (secondary N) is 2. The molecule has 7 heteroatoms. The SMILES string of the molecule is CC(=O)c1c[nH]c(C(=O)NCC(O)c2ccc(Cl)c(F)c2)c1. The molecular weight excluding hydrogens is 311 g/mol. The van der Waals surface area contributed by atoms with Crippen molar-refractivity contribution in [3.05, 3.63) is 58.1 Å². The molecule has 0 aliphatic carbocycles. The summed E-state index contributed by atoms with van der Waals surface area (Å²) in [6, 6.07) is 5.35. The Morgan fingerprint density at radius 2 is 2.14 bits per heavy atom. The van der Waals surface area contributed by atoms with Crippen LogP contribution in [0, 0.1) is 5.82 Å². The first-order valence-electron chi connectivity index (χ1n) is 6.49. The number of carbonyl (C=O) groups is 2. The summed E-state index contributed by atoms with van der Waals surface area (Å²) in [6.07, 6.45) is 0.361. The lowest BCUT2D eigenvalue weighted by Crippen LogP contribution is -2.28. The van der Waals surface area contributed by atoms with Crippen molar-refractivity contribution in [3.8, 4) is 0 Å². The van der Waals surface area contributed by atoms with E-state index in [0.717, 1.165) is 6.07 Å². The molecule has 0 saturated heterocycles. The molecule has 2 rings (SSSR count). The predicted molar refractivity (Wildman–Crippen MR) is 79.5 cm³/mol. The average Bonchev–Trinajstić information content (AvgIpc) is 2.97. The van der Waals surface area contributed by atoms with Crippen LogP contribution in [0.15, 0.2) is 30.5 Å². The second kappa shape index (κ2) is 6.72. The van der Waals surface area contributed by atoms with Gasteiger partial charge in [0.1, 0.15) is 11.5 Å². The second-order valence-corrected chi connectivity index (χ2v) is 5.16. The number of H-pyrrole nitrogens is 1. The number of amides is 1. The third-order valence-electron chi connectivity index (χ3n) is 3.12. The Balaban J connectivity index is 1.97. The Hall–Kier alpha value is -2.18. The van der Waals surface area contributed by atoms with Crippen molar-refractivity contribution in [3.63, 3.8) is 0 Å². The average molecular weight is 325 g/mol. The number of aliphatic hydroxyl groups excluding tert-OH is 1. The van der Waals surface area contributed by atoms with Gasteiger partial charge in [0.25, 0.3) is 5.91 Å². The van der Waals surface area contributed by atoms with Crippen molar-refractivity contribution in [2.24, 2.45) is 0 Å². The number of aromatic nitrogens is 1. The van der Waals surface area contributed by atoms with E-state index in [4.69, 9.17) is 11.6 Å². The van der Waals surface area contributed by atoms with Crippen LogP contribution in [0.5, 0.6) is 0 Å². The van der Waals surface area contributed by atoms with Gasteiger partial charge in [-0.2, -0.15) is 0 Å². The first-order valence-corrected chi connectivity index (χ1v) is 6.87. The van der Waals surface area contributed by atoms with Crippen LogP contribution < -0.4 is 5.32 Å². The lowest BCUT2D eigenvalue weighted by molar-refractivity contribution is 0.0912. The number of Topliss-reactive ketones (excluding diaryl/α,β-unsaturated/α-hetero) is 1. The van der Waals surface area contributed by atoms with Crippen LogP contribution in [-0.2, 0) is 0 Å². The van der Waals surface area contributed by atoms with Gasteiger partial charge in [-0.3, -0.25) is 9.59 Å². The van der Waals surface area contributed by atoms with Crippen molar-refractivity contribution in [1.82, 2.24) is 10.3 Å². The highest BCUT2D eigenvalue weighted by molar-refractivity contribution is 6.30. The van der Waals surface area contributed by atoms with Gasteiger partial charge in [0, 0.05) is 18.3 Å². The van der Waals surface area contributed by atoms with Crippen molar-refractivity contribution >= 4 is 23.3 Å². The zero-order chi connectivity index (χ0) is 16.3. The molecule has 1 aromatic heterocycles. The largest absolute Gasteiger partial charge is 0.387 e. The smallest absolute Gasteiger partial charge is 0.267 e. The van der Waals surface area contributed by atoms with E-state index >= 15 is 0 Å². The van der Waals surface area contributed by atoms with Gasteiger partial charge in [0.15, 0.2) is 5.78 Å². The molecule has 0 saturated carbocycles. The fraction of sp³-hybridized carbons (Fsp3) is 0.200. The Labute approximate surface area is 131 Å². The van der Waals surface area contributed by atoms with Crippen LogP contribution in [0.2, 0.25) is 5.02 Å². The fourth-order valence-electron chi connectivity index (χ4n) is 1.85. The van der Waals surface area contributed by atoms with E-state index in [2.05, 4.69) is 10.3 Å². The molecule has 3 N–H and O–H groups in total. The number of rotatable bonds is 5. The van der Waals surface area contributed by atoms with Gasteiger partial charge in [0.05, 0.1) is 11.1 Å². The van der Waals surface area contributed by atoms with Crippen LogP contribution in [0.25, 0.3) is 0 Å². The molecule has 1 aromatic carbocycles. The van der Waals surface area contributed by atoms with E-state index in [-0.39, 0.29) is 23.0 Å². The highest BCUT2D eigenvalue weighted by atomic mass is 35.5. The lowest BCUT2D eigenvalue weighted by Gasteiger charge is -2.12. The summed E-state index contributed by atoms with van der Waals surface area (Å²) in [4.78, 5) is 25.7. The summed E-state index contributed by atoms with van der Waals surface area (Å²) < 4.78 is 13.3. The Morgan fingerprint density at radius 1 is 1.41 bits per heavy atom. The number of halogens is 2. The summed E-state index contributed by atoms with van der Waals surface area (Å²) in [6.45, 7) is 1.29. The summed E-state index contributed by atoms with van der Waals surface area (Å²) in [7, 11) is 0. The van der Waals surface area contributed by atoms with Crippen molar-refractivity contribution < 1.29 is 19.1 Å². The molecule has 0 radical (unpaired) electrons. The highest BCUT2D eigenvalue weighted by Crippen LogP contribution is 2.20. The predicted octanol–water partition coefficient (Wildman–Crippen LogP) is 2.47. The molecule has 1 unspecified atom stereocenters. The van der Waals surface area contributed by atoms with E-state index in [1.165, 1.54) is 31.3 Å². The van der Waals surface area contributed by atoms with E-state index < -0.39 is 17.8 Å². The molecule has 0 fully saturated rings. The Bertz CT molecular complexity index is 715. The molecule has 1 heterocycles. The Morgan fingerprint density at radius 3 is 2.73 bits per heavy atom. The third-order valence-corrected chi connectivity index (χ3v) is 3.43. The number of ketones is 1. The molecule has 0 spiro atoms. The summed E-state index contributed by atoms with van der Waals surface area (Å²) >= 11 is 5.56. The molecule has 5 nitrogen and oxygen atoms in total. The van der Waals surface area contributed by atoms with Gasteiger partial charge in [-0.05, 0) is 30.7 Å². The van der Waals surface area contributed by atoms with Crippen LogP contribution in [-0.4, -0.2) is 28.3 Å². The first-order chi connectivity index (χ1) is 10.4. The maximum absolute atomic E-state index is 13.3. The van der Waals surface area contributed by atoms with E-state index in [0.29, 0.717) is 11.1 Å². The molecule has 1 atom stereocenters. The maximum atomic E-state index is 13.3. The van der Waals surface area contributed by atoms with Crippen molar-refractivity contribution in [2.75, 3.05) is 6.54 Å². The van der Waals surface area contributed by atoms with E-state index in [1.807, 2.05) is 0 Å². The lowest BCUT2D eigenvalue weighted by atomic mass is 10.1. The minimum absolute atomic E-state index is 0.0388. The topological polar surface area (TPSA) is 82.2 Å². The van der Waals surface area contributed by atoms with Gasteiger partial charge in [-0.15, -0.1) is 0 Å². The molecular formula is C15H14ClFN2O3. The molecule has 0 bridgehead atoms. The maximum Gasteiger partial charge on any atom is 0.267 e. The van der Waals surface area contributed by atoms with Gasteiger partial charge in [-0.25, -0.2) is 4.39 Å². The molecule has 22 heavy (non-hydrogen) atoms. The Kier molecular flexibility index (Phi) is 4.95. The molecule has 2 aromatic rings. The highest BCUT2D eigenvalue weighted by Gasteiger charge is 2.14. The molecule has 0 aliphatic rings. The third kappa shape index (κ3) is 3.72. The number of benzene rings is 1. The molecule has 116 valence electrons. The number of carbonyl (C=O) groups excluding carboxylic acids is 2. The van der Waals surface area contributed by atoms with Gasteiger partial charge >= 0.3 is 0 Å². The van der Waals surface area contributed by atoms with Crippen LogP contribution in [0.4, 0.5) is 4.39 Å². The number of hydrogen-bond donors (Lipinski definition) is 3. The quantitative estimate of drug-likeness (QED) is 0.739. The molecule has 0 aliphatic heterocycles. The minimum Gasteiger partial charge on any atom is -0.387 e. The summed E-state index contributed by atoms with van der Waals surface area (Å²) in [5.74, 6) is -1.27. The zero-order valence-corrected chi connectivity index (χ0v) is 12.4. The van der Waals surface area contributed by atoms with E-state index in [1.54, 1.807) is 0 Å². The number of aliphatic hydroxyl groups is 1. The number of aromatic amines is 1. The van der Waals surface area contributed by atoms with Crippen molar-refractivity contribution in [2.45, 2.75) is 13.0 Å². The zero-order valence-electron chi connectivity index (χ0n) is 11.7. The standard InChI is InChI=1S/C15H14ClFN2O3/c1-8(20)10-5-13(18-6-10)15(22)19-7-14(21)9-2-3-11(16)12(17)4-9/h2-6,14,18,21H,7H2,1H3,(H,19,22). The summed E-state index contributed by atoms with van der Waals surface area (Å²) in [5, 5.41) is 12.4. The summed E-state index contributed by atoms with van der Waals surface area (Å²) in [5.41, 5.74) is 0.906. The first kappa shape index (κ1) is 16.2. The van der Waals surface area contributed by atoms with Gasteiger partial charge < -0.3 is 15.4 Å². The number of hydrogen-bond acceptors (Lipinski definition) is 3. The van der Waals surface area contributed by atoms with Crippen molar-refractivity contribution in [1.29, 1.82) is 0 Å².